The zero-order valence-corrected chi connectivity index (χ0v) is 14.8. The number of carbonyl (C=O) groups is 1. The van der Waals surface area contributed by atoms with E-state index in [1.54, 1.807) is 0 Å². The molecule has 2 aromatic carbocycles. The number of hydrogen-bond donors (Lipinski definition) is 1. The number of ether oxygens (including phenoxy) is 2. The molecular weight excluding hydrogens is 328 g/mol. The second-order valence-corrected chi connectivity index (χ2v) is 6.89. The average molecular weight is 352 g/mol. The molecule has 5 nitrogen and oxygen atoms in total. The van der Waals surface area contributed by atoms with Gasteiger partial charge in [0, 0.05) is 13.1 Å². The monoisotopic (exact) mass is 352 g/mol. The molecule has 136 valence electrons. The number of likely N-dealkylation sites (tertiary alicyclic amines) is 1. The highest BCUT2D eigenvalue weighted by molar-refractivity contribution is 5.81. The summed E-state index contributed by atoms with van der Waals surface area (Å²) in [4.78, 5) is 14.9. The van der Waals surface area contributed by atoms with Gasteiger partial charge in [0.05, 0.1) is 0 Å². The van der Waals surface area contributed by atoms with Crippen LogP contribution in [0.25, 0.3) is 0 Å². The lowest BCUT2D eigenvalue weighted by Crippen LogP contribution is -2.43. The first-order valence-electron chi connectivity index (χ1n) is 9.24. The molecule has 2 aliphatic heterocycles. The van der Waals surface area contributed by atoms with Crippen LogP contribution in [0.15, 0.2) is 48.5 Å². The number of benzene rings is 2. The van der Waals surface area contributed by atoms with Crippen LogP contribution in [0.5, 0.6) is 11.5 Å². The van der Waals surface area contributed by atoms with Crippen molar-refractivity contribution in [2.24, 2.45) is 0 Å². The highest BCUT2D eigenvalue weighted by atomic mass is 16.6. The molecule has 5 heteroatoms. The Morgan fingerprint density at radius 1 is 1.04 bits per heavy atom. The summed E-state index contributed by atoms with van der Waals surface area (Å²) >= 11 is 0. The predicted octanol–water partition coefficient (Wildman–Crippen LogP) is 2.74. The van der Waals surface area contributed by atoms with Gasteiger partial charge in [0.15, 0.2) is 11.5 Å². The summed E-state index contributed by atoms with van der Waals surface area (Å²) in [6.45, 7) is 4.08. The fourth-order valence-corrected chi connectivity index (χ4v) is 3.49. The summed E-state index contributed by atoms with van der Waals surface area (Å²) in [5, 5.41) is 2.96. The van der Waals surface area contributed by atoms with Crippen LogP contribution in [0.3, 0.4) is 0 Å². The van der Waals surface area contributed by atoms with E-state index in [0.29, 0.717) is 18.0 Å². The maximum atomic E-state index is 12.4. The van der Waals surface area contributed by atoms with E-state index in [2.05, 4.69) is 28.4 Å². The van der Waals surface area contributed by atoms with E-state index in [1.807, 2.05) is 30.3 Å². The van der Waals surface area contributed by atoms with Gasteiger partial charge in [-0.2, -0.15) is 0 Å². The molecule has 0 spiro atoms. The number of hydrogen-bond acceptors (Lipinski definition) is 4. The van der Waals surface area contributed by atoms with Crippen LogP contribution >= 0.6 is 0 Å². The molecule has 1 unspecified atom stereocenters. The van der Waals surface area contributed by atoms with Crippen LogP contribution in [-0.4, -0.2) is 36.6 Å². The van der Waals surface area contributed by atoms with Gasteiger partial charge in [-0.3, -0.25) is 9.69 Å². The third-order valence-corrected chi connectivity index (χ3v) is 4.86. The highest BCUT2D eigenvalue weighted by Crippen LogP contribution is 2.30. The van der Waals surface area contributed by atoms with E-state index >= 15 is 0 Å². The maximum absolute atomic E-state index is 12.4. The second-order valence-electron chi connectivity index (χ2n) is 6.89. The first-order chi connectivity index (χ1) is 12.8. The Kier molecular flexibility index (Phi) is 5.07. The van der Waals surface area contributed by atoms with Gasteiger partial charge in [0.2, 0.25) is 6.10 Å². The Morgan fingerprint density at radius 3 is 2.65 bits per heavy atom. The van der Waals surface area contributed by atoms with Crippen molar-refractivity contribution < 1.29 is 14.3 Å². The number of rotatable bonds is 5. The van der Waals surface area contributed by atoms with Crippen molar-refractivity contribution in [3.05, 3.63) is 59.7 Å². The Hall–Kier alpha value is -2.53. The van der Waals surface area contributed by atoms with E-state index < -0.39 is 6.10 Å². The molecule has 2 heterocycles. The Bertz CT molecular complexity index is 771. The zero-order chi connectivity index (χ0) is 17.8. The molecule has 1 N–H and O–H groups in total. The van der Waals surface area contributed by atoms with Gasteiger partial charge in [-0.05, 0) is 49.2 Å². The van der Waals surface area contributed by atoms with Crippen LogP contribution < -0.4 is 14.8 Å². The van der Waals surface area contributed by atoms with Crippen LogP contribution in [0.1, 0.15) is 24.0 Å². The molecule has 0 radical (unpaired) electrons. The first kappa shape index (κ1) is 16.9. The van der Waals surface area contributed by atoms with E-state index in [9.17, 15) is 4.79 Å². The van der Waals surface area contributed by atoms with Gasteiger partial charge in [-0.1, -0.05) is 36.4 Å². The Morgan fingerprint density at radius 2 is 1.81 bits per heavy atom. The molecule has 2 aliphatic rings. The molecule has 1 atom stereocenters. The van der Waals surface area contributed by atoms with Gasteiger partial charge in [0.25, 0.3) is 5.91 Å². The van der Waals surface area contributed by atoms with Crippen LogP contribution in [0, 0.1) is 0 Å². The summed E-state index contributed by atoms with van der Waals surface area (Å²) < 4.78 is 11.4. The minimum absolute atomic E-state index is 0.149. The van der Waals surface area contributed by atoms with Crippen LogP contribution in [0.2, 0.25) is 0 Å². The number of nitrogens with one attached hydrogen (secondary N) is 1. The molecule has 1 fully saturated rings. The molecule has 1 amide bonds. The zero-order valence-electron chi connectivity index (χ0n) is 14.8. The lowest BCUT2D eigenvalue weighted by atomic mass is 10.1. The van der Waals surface area contributed by atoms with Gasteiger partial charge >= 0.3 is 0 Å². The van der Waals surface area contributed by atoms with Crippen molar-refractivity contribution in [3.63, 3.8) is 0 Å². The molecule has 0 bridgehead atoms. The van der Waals surface area contributed by atoms with Crippen molar-refractivity contribution in [2.45, 2.75) is 32.0 Å². The summed E-state index contributed by atoms with van der Waals surface area (Å²) in [5.41, 5.74) is 2.40. The molecule has 26 heavy (non-hydrogen) atoms. The standard InChI is InChI=1S/C21H24N2O3/c24-21(20-15-25-18-8-1-2-9-19(18)26-20)22-13-16-6-5-7-17(12-16)14-23-10-3-4-11-23/h1-2,5-9,12,20H,3-4,10-11,13-15H2,(H,22,24). The third kappa shape index (κ3) is 3.99. The smallest absolute Gasteiger partial charge is 0.264 e. The topological polar surface area (TPSA) is 50.8 Å². The normalized spacial score (nSPS) is 19.3. The number of fused-ring (bicyclic) bond motifs is 1. The maximum Gasteiger partial charge on any atom is 0.264 e. The first-order valence-corrected chi connectivity index (χ1v) is 9.24. The fraction of sp³-hybridized carbons (Fsp3) is 0.381. The summed E-state index contributed by atoms with van der Waals surface area (Å²) in [6, 6.07) is 15.8. The molecule has 4 rings (SSSR count). The minimum atomic E-state index is -0.613. The SMILES string of the molecule is O=C(NCc1cccc(CN2CCCC2)c1)C1COc2ccccc2O1. The Balaban J connectivity index is 1.32. The molecule has 0 saturated carbocycles. The Labute approximate surface area is 153 Å². The van der Waals surface area contributed by atoms with Gasteiger partial charge in [0.1, 0.15) is 6.61 Å². The van der Waals surface area contributed by atoms with Gasteiger partial charge in [-0.25, -0.2) is 0 Å². The molecular formula is C21H24N2O3. The van der Waals surface area contributed by atoms with E-state index in [0.717, 1.165) is 12.1 Å². The molecule has 0 aliphatic carbocycles. The molecule has 2 aromatic rings. The number of nitrogens with zero attached hydrogens (tertiary/aromatic N) is 1. The van der Waals surface area contributed by atoms with Crippen molar-refractivity contribution in [1.82, 2.24) is 10.2 Å². The largest absolute Gasteiger partial charge is 0.485 e. The molecule has 1 saturated heterocycles. The van der Waals surface area contributed by atoms with Crippen molar-refractivity contribution in [3.8, 4) is 11.5 Å². The van der Waals surface area contributed by atoms with E-state index in [4.69, 9.17) is 9.47 Å². The average Bonchev–Trinajstić information content (AvgIpc) is 3.19. The fourth-order valence-electron chi connectivity index (χ4n) is 3.49. The summed E-state index contributed by atoms with van der Waals surface area (Å²) in [6.07, 6.45) is 1.97. The lowest BCUT2D eigenvalue weighted by Gasteiger charge is -2.25. The van der Waals surface area contributed by atoms with Gasteiger partial charge in [-0.15, -0.1) is 0 Å². The number of carbonyl (C=O) groups excluding carboxylic acids is 1. The van der Waals surface area contributed by atoms with Crippen molar-refractivity contribution in [1.29, 1.82) is 0 Å². The number of para-hydroxylation sites is 2. The second kappa shape index (κ2) is 7.79. The van der Waals surface area contributed by atoms with E-state index in [-0.39, 0.29) is 12.5 Å². The third-order valence-electron chi connectivity index (χ3n) is 4.86. The summed E-state index contributed by atoms with van der Waals surface area (Å²) in [7, 11) is 0. The quantitative estimate of drug-likeness (QED) is 0.899. The lowest BCUT2D eigenvalue weighted by molar-refractivity contribution is -0.130. The van der Waals surface area contributed by atoms with E-state index in [1.165, 1.54) is 31.5 Å². The highest BCUT2D eigenvalue weighted by Gasteiger charge is 2.26. The number of amides is 1. The van der Waals surface area contributed by atoms with Crippen LogP contribution in [-0.2, 0) is 17.9 Å². The van der Waals surface area contributed by atoms with Crippen molar-refractivity contribution in [2.75, 3.05) is 19.7 Å². The van der Waals surface area contributed by atoms with Crippen LogP contribution in [0.4, 0.5) is 0 Å². The van der Waals surface area contributed by atoms with Gasteiger partial charge < -0.3 is 14.8 Å². The predicted molar refractivity (Wildman–Crippen MR) is 99.2 cm³/mol. The van der Waals surface area contributed by atoms with Crippen molar-refractivity contribution >= 4 is 5.91 Å². The minimum Gasteiger partial charge on any atom is -0.485 e. The molecule has 0 aromatic heterocycles. The summed E-state index contributed by atoms with van der Waals surface area (Å²) in [5.74, 6) is 1.15.